The van der Waals surface area contributed by atoms with E-state index in [0.717, 1.165) is 16.4 Å². The first-order chi connectivity index (χ1) is 7.75. The van der Waals surface area contributed by atoms with Crippen molar-refractivity contribution in [3.8, 4) is 0 Å². The second-order valence-electron chi connectivity index (χ2n) is 4.00. The molecule has 0 spiro atoms. The number of aromatic nitrogens is 2. The van der Waals surface area contributed by atoms with Gasteiger partial charge in [0.15, 0.2) is 0 Å². The van der Waals surface area contributed by atoms with Crippen molar-refractivity contribution in [2.45, 2.75) is 13.0 Å². The van der Waals surface area contributed by atoms with Crippen LogP contribution in [-0.4, -0.2) is 15.1 Å². The largest absolute Gasteiger partial charge is 0.387 e. The van der Waals surface area contributed by atoms with Gasteiger partial charge in [0.2, 0.25) is 0 Å². The second kappa shape index (κ2) is 3.32. The molecule has 2 N–H and O–H groups in total. The van der Waals surface area contributed by atoms with Crippen LogP contribution in [0.2, 0.25) is 0 Å². The molecule has 0 unspecified atom stereocenters. The van der Waals surface area contributed by atoms with Crippen LogP contribution in [0.4, 0.5) is 0 Å². The lowest BCUT2D eigenvalue weighted by molar-refractivity contribution is 0.194. The van der Waals surface area contributed by atoms with E-state index in [2.05, 4.69) is 16.0 Å². The molecule has 1 aromatic carbocycles. The van der Waals surface area contributed by atoms with Crippen LogP contribution in [0.5, 0.6) is 0 Å². The zero-order chi connectivity index (χ0) is 11.1. The van der Waals surface area contributed by atoms with E-state index in [1.165, 1.54) is 5.39 Å². The average Bonchev–Trinajstić information content (AvgIpc) is 2.66. The highest BCUT2D eigenvalue weighted by Gasteiger charge is 2.07. The van der Waals surface area contributed by atoms with Crippen LogP contribution in [0.25, 0.3) is 21.8 Å². The Bertz CT molecular complexity index is 655. The maximum atomic E-state index is 9.52. The Balaban J connectivity index is 2.40. The van der Waals surface area contributed by atoms with E-state index in [4.69, 9.17) is 0 Å². The van der Waals surface area contributed by atoms with E-state index in [1.54, 1.807) is 13.1 Å². The normalized spacial score (nSPS) is 13.4. The van der Waals surface area contributed by atoms with Gasteiger partial charge in [-0.25, -0.2) is 0 Å². The minimum absolute atomic E-state index is 0.530. The van der Waals surface area contributed by atoms with Crippen molar-refractivity contribution in [1.29, 1.82) is 0 Å². The smallest absolute Gasteiger partial charge is 0.0932 e. The molecule has 0 saturated heterocycles. The van der Waals surface area contributed by atoms with Gasteiger partial charge in [-0.3, -0.25) is 4.98 Å². The summed E-state index contributed by atoms with van der Waals surface area (Å²) in [6.07, 6.45) is 1.25. The first-order valence-corrected chi connectivity index (χ1v) is 5.30. The number of fused-ring (bicyclic) bond motifs is 3. The monoisotopic (exact) mass is 212 g/mol. The summed E-state index contributed by atoms with van der Waals surface area (Å²) in [5.41, 5.74) is 2.81. The Hall–Kier alpha value is -1.87. The number of rotatable bonds is 1. The van der Waals surface area contributed by atoms with E-state index in [9.17, 15) is 5.11 Å². The van der Waals surface area contributed by atoms with Crippen LogP contribution >= 0.6 is 0 Å². The summed E-state index contributed by atoms with van der Waals surface area (Å²) in [4.78, 5) is 7.52. The van der Waals surface area contributed by atoms with Crippen molar-refractivity contribution >= 4 is 21.8 Å². The van der Waals surface area contributed by atoms with E-state index in [1.807, 2.05) is 24.3 Å². The first-order valence-electron chi connectivity index (χ1n) is 5.30. The number of benzene rings is 1. The fourth-order valence-corrected chi connectivity index (χ4v) is 1.99. The minimum Gasteiger partial charge on any atom is -0.387 e. The standard InChI is InChI=1S/C13H12N2O/c1-8(16)12-6-10-9-4-2-3-5-11(9)15-13(10)7-14-12/h2-8,15-16H,1H3/t8-/m0/s1. The van der Waals surface area contributed by atoms with Gasteiger partial charge in [-0.1, -0.05) is 18.2 Å². The van der Waals surface area contributed by atoms with Crippen LogP contribution in [-0.2, 0) is 0 Å². The Labute approximate surface area is 92.7 Å². The third-order valence-corrected chi connectivity index (χ3v) is 2.84. The zero-order valence-corrected chi connectivity index (χ0v) is 8.94. The van der Waals surface area contributed by atoms with Gasteiger partial charge in [0, 0.05) is 16.3 Å². The zero-order valence-electron chi connectivity index (χ0n) is 8.94. The van der Waals surface area contributed by atoms with Gasteiger partial charge >= 0.3 is 0 Å². The molecular weight excluding hydrogens is 200 g/mol. The predicted octanol–water partition coefficient (Wildman–Crippen LogP) is 2.77. The summed E-state index contributed by atoms with van der Waals surface area (Å²) in [6.45, 7) is 1.73. The minimum atomic E-state index is -0.530. The van der Waals surface area contributed by atoms with Crippen molar-refractivity contribution in [3.63, 3.8) is 0 Å². The van der Waals surface area contributed by atoms with E-state index in [-0.39, 0.29) is 0 Å². The number of aliphatic hydroxyl groups excluding tert-OH is 1. The maximum Gasteiger partial charge on any atom is 0.0932 e. The molecule has 0 amide bonds. The molecule has 0 bridgehead atoms. The maximum absolute atomic E-state index is 9.52. The molecule has 3 heteroatoms. The fraction of sp³-hybridized carbons (Fsp3) is 0.154. The summed E-state index contributed by atoms with van der Waals surface area (Å²) >= 11 is 0. The lowest BCUT2D eigenvalue weighted by Crippen LogP contribution is -1.93. The lowest BCUT2D eigenvalue weighted by atomic mass is 10.1. The summed E-state index contributed by atoms with van der Waals surface area (Å²) in [5.74, 6) is 0. The Morgan fingerprint density at radius 3 is 2.81 bits per heavy atom. The number of para-hydroxylation sites is 1. The van der Waals surface area contributed by atoms with Gasteiger partial charge in [-0.2, -0.15) is 0 Å². The van der Waals surface area contributed by atoms with Crippen molar-refractivity contribution in [3.05, 3.63) is 42.2 Å². The molecule has 1 atom stereocenters. The number of nitrogens with one attached hydrogen (secondary N) is 1. The van der Waals surface area contributed by atoms with Crippen molar-refractivity contribution in [2.24, 2.45) is 0 Å². The number of hydrogen-bond donors (Lipinski definition) is 2. The molecule has 0 saturated carbocycles. The third kappa shape index (κ3) is 1.29. The van der Waals surface area contributed by atoms with Gasteiger partial charge in [-0.15, -0.1) is 0 Å². The van der Waals surface area contributed by atoms with Crippen LogP contribution in [0.1, 0.15) is 18.7 Å². The molecule has 0 aliphatic carbocycles. The first kappa shape index (κ1) is 9.36. The molecular formula is C13H12N2O. The average molecular weight is 212 g/mol. The lowest BCUT2D eigenvalue weighted by Gasteiger charge is -2.02. The summed E-state index contributed by atoms with van der Waals surface area (Å²) in [6, 6.07) is 10.1. The quantitative estimate of drug-likeness (QED) is 0.651. The van der Waals surface area contributed by atoms with Crippen LogP contribution < -0.4 is 0 Å². The topological polar surface area (TPSA) is 48.9 Å². The number of pyridine rings is 1. The highest BCUT2D eigenvalue weighted by molar-refractivity contribution is 6.06. The molecule has 0 fully saturated rings. The van der Waals surface area contributed by atoms with E-state index in [0.29, 0.717) is 5.69 Å². The molecule has 80 valence electrons. The summed E-state index contributed by atoms with van der Waals surface area (Å²) in [7, 11) is 0. The van der Waals surface area contributed by atoms with Crippen molar-refractivity contribution < 1.29 is 5.11 Å². The molecule has 2 heterocycles. The van der Waals surface area contributed by atoms with Gasteiger partial charge in [0.1, 0.15) is 0 Å². The van der Waals surface area contributed by atoms with Gasteiger partial charge in [0.05, 0.1) is 23.5 Å². The number of H-pyrrole nitrogens is 1. The van der Waals surface area contributed by atoms with Crippen LogP contribution in [0.3, 0.4) is 0 Å². The SMILES string of the molecule is C[C@H](O)c1cc2c(cn1)[nH]c1ccccc12. The van der Waals surface area contributed by atoms with Crippen molar-refractivity contribution in [2.75, 3.05) is 0 Å². The van der Waals surface area contributed by atoms with Crippen LogP contribution in [0.15, 0.2) is 36.5 Å². The van der Waals surface area contributed by atoms with E-state index >= 15 is 0 Å². The Morgan fingerprint density at radius 2 is 2.00 bits per heavy atom. The Morgan fingerprint density at radius 1 is 1.19 bits per heavy atom. The fourth-order valence-electron chi connectivity index (χ4n) is 1.99. The Kier molecular flexibility index (Phi) is 1.94. The number of aromatic amines is 1. The molecule has 0 aliphatic rings. The van der Waals surface area contributed by atoms with Gasteiger partial charge in [-0.05, 0) is 19.1 Å². The van der Waals surface area contributed by atoms with Gasteiger partial charge < -0.3 is 10.1 Å². The number of nitrogens with zero attached hydrogens (tertiary/aromatic N) is 1. The van der Waals surface area contributed by atoms with E-state index < -0.39 is 6.10 Å². The number of aliphatic hydroxyl groups is 1. The predicted molar refractivity (Wildman–Crippen MR) is 64.2 cm³/mol. The molecule has 0 aliphatic heterocycles. The second-order valence-corrected chi connectivity index (χ2v) is 4.00. The van der Waals surface area contributed by atoms with Crippen LogP contribution in [0, 0.1) is 0 Å². The van der Waals surface area contributed by atoms with Crippen molar-refractivity contribution in [1.82, 2.24) is 9.97 Å². The molecule has 3 aromatic rings. The molecule has 0 radical (unpaired) electrons. The summed E-state index contributed by atoms with van der Waals surface area (Å²) < 4.78 is 0. The molecule has 2 aromatic heterocycles. The molecule has 3 nitrogen and oxygen atoms in total. The highest BCUT2D eigenvalue weighted by atomic mass is 16.3. The molecule has 3 rings (SSSR count). The van der Waals surface area contributed by atoms with Gasteiger partial charge in [0.25, 0.3) is 0 Å². The third-order valence-electron chi connectivity index (χ3n) is 2.84. The number of hydrogen-bond acceptors (Lipinski definition) is 2. The summed E-state index contributed by atoms with van der Waals surface area (Å²) in [5, 5.41) is 11.8. The highest BCUT2D eigenvalue weighted by Crippen LogP contribution is 2.26. The molecule has 16 heavy (non-hydrogen) atoms.